The van der Waals surface area contributed by atoms with Crippen LogP contribution in [-0.2, 0) is 4.79 Å². The van der Waals surface area contributed by atoms with Gasteiger partial charge in [0.15, 0.2) is 0 Å². The first kappa shape index (κ1) is 17.8. The molecule has 1 aliphatic carbocycles. The number of para-hydroxylation sites is 3. The van der Waals surface area contributed by atoms with E-state index in [2.05, 4.69) is 25.2 Å². The number of nitrogens with one attached hydrogen (secondary N) is 1. The molecule has 0 spiro atoms. The molecule has 4 heteroatoms. The fourth-order valence-electron chi connectivity index (χ4n) is 4.30. The normalized spacial score (nSPS) is 23.4. The van der Waals surface area contributed by atoms with Gasteiger partial charge in [-0.25, -0.2) is 0 Å². The first-order chi connectivity index (χ1) is 13.0. The zero-order valence-electron chi connectivity index (χ0n) is 16.2. The maximum Gasteiger partial charge on any atom is 0.144 e. The number of hydrogen-bond donors (Lipinski definition) is 1. The van der Waals surface area contributed by atoms with Gasteiger partial charge in [0.05, 0.1) is 29.9 Å². The third kappa shape index (κ3) is 3.36. The highest BCUT2D eigenvalue weighted by molar-refractivity contribution is 6.10. The second kappa shape index (κ2) is 6.84. The van der Waals surface area contributed by atoms with Crippen LogP contribution >= 0.6 is 0 Å². The first-order valence-corrected chi connectivity index (χ1v) is 9.66. The zero-order valence-corrected chi connectivity index (χ0v) is 16.2. The number of aliphatic imine (C=N–C) groups is 1. The van der Waals surface area contributed by atoms with Crippen LogP contribution in [0.1, 0.15) is 45.2 Å². The van der Waals surface area contributed by atoms with Gasteiger partial charge in [-0.1, -0.05) is 44.2 Å². The Morgan fingerprint density at radius 2 is 1.85 bits per heavy atom. The number of carbonyl (C=O) groups excluding carboxylic acids is 1. The van der Waals surface area contributed by atoms with E-state index in [4.69, 9.17) is 9.73 Å². The number of benzene rings is 2. The van der Waals surface area contributed by atoms with Crippen molar-refractivity contribution in [1.29, 1.82) is 0 Å². The van der Waals surface area contributed by atoms with E-state index in [0.717, 1.165) is 34.8 Å². The fraction of sp³-hybridized carbons (Fsp3) is 0.391. The highest BCUT2D eigenvalue weighted by Gasteiger charge is 2.44. The summed E-state index contributed by atoms with van der Waals surface area (Å²) < 4.78 is 5.88. The predicted molar refractivity (Wildman–Crippen MR) is 109 cm³/mol. The molecule has 1 aliphatic heterocycles. The molecule has 0 radical (unpaired) electrons. The van der Waals surface area contributed by atoms with E-state index >= 15 is 0 Å². The summed E-state index contributed by atoms with van der Waals surface area (Å²) in [6, 6.07) is 15.9. The van der Waals surface area contributed by atoms with E-state index in [0.29, 0.717) is 13.0 Å². The van der Waals surface area contributed by atoms with E-state index < -0.39 is 0 Å². The second-order valence-electron chi connectivity index (χ2n) is 8.17. The van der Waals surface area contributed by atoms with Crippen molar-refractivity contribution in [3.05, 3.63) is 54.1 Å². The molecule has 4 nitrogen and oxygen atoms in total. The monoisotopic (exact) mass is 362 g/mol. The average molecular weight is 362 g/mol. The standard InChI is InChI=1S/C23H26N2O2/c1-4-27-20-12-8-5-9-15(20)22-21-18(13-23(2,3)14-19(21)26)24-16-10-6-7-11-17(16)25-22/h5-12,21-22,25H,4,13-14H2,1-3H3. The Bertz CT molecular complexity index is 901. The van der Waals surface area contributed by atoms with Crippen LogP contribution in [0.4, 0.5) is 11.4 Å². The largest absolute Gasteiger partial charge is 0.494 e. The maximum absolute atomic E-state index is 13.2. The summed E-state index contributed by atoms with van der Waals surface area (Å²) in [5.74, 6) is 0.808. The van der Waals surface area contributed by atoms with E-state index in [-0.39, 0.29) is 23.2 Å². The lowest BCUT2D eigenvalue weighted by atomic mass is 9.68. The van der Waals surface area contributed by atoms with Crippen molar-refractivity contribution in [3.8, 4) is 5.75 Å². The molecule has 2 aliphatic rings. The van der Waals surface area contributed by atoms with E-state index in [1.807, 2.05) is 49.4 Å². The number of rotatable bonds is 3. The number of hydrogen-bond acceptors (Lipinski definition) is 4. The van der Waals surface area contributed by atoms with Gasteiger partial charge in [-0.3, -0.25) is 9.79 Å². The molecule has 1 saturated carbocycles. The molecule has 0 amide bonds. The summed E-state index contributed by atoms with van der Waals surface area (Å²) >= 11 is 0. The maximum atomic E-state index is 13.2. The molecule has 2 unspecified atom stereocenters. The molecule has 27 heavy (non-hydrogen) atoms. The van der Waals surface area contributed by atoms with Gasteiger partial charge >= 0.3 is 0 Å². The smallest absolute Gasteiger partial charge is 0.144 e. The quantitative estimate of drug-likeness (QED) is 0.803. The topological polar surface area (TPSA) is 50.7 Å². The van der Waals surface area contributed by atoms with Crippen LogP contribution in [0.2, 0.25) is 0 Å². The Morgan fingerprint density at radius 1 is 1.11 bits per heavy atom. The summed E-state index contributed by atoms with van der Waals surface area (Å²) in [5, 5.41) is 3.62. The molecule has 1 heterocycles. The first-order valence-electron chi connectivity index (χ1n) is 9.66. The molecule has 1 fully saturated rings. The van der Waals surface area contributed by atoms with E-state index in [9.17, 15) is 4.79 Å². The zero-order chi connectivity index (χ0) is 19.0. The Labute approximate surface area is 160 Å². The number of Topliss-reactive ketones (excluding diaryl/α,β-unsaturated/α-hetero) is 1. The molecular formula is C23H26N2O2. The van der Waals surface area contributed by atoms with Crippen LogP contribution in [0, 0.1) is 11.3 Å². The Kier molecular flexibility index (Phi) is 4.50. The van der Waals surface area contributed by atoms with Gasteiger partial charge in [0.25, 0.3) is 0 Å². The van der Waals surface area contributed by atoms with Crippen LogP contribution < -0.4 is 10.1 Å². The number of anilines is 1. The number of fused-ring (bicyclic) bond motifs is 2. The minimum absolute atomic E-state index is 0.0598. The van der Waals surface area contributed by atoms with Crippen molar-refractivity contribution >= 4 is 22.9 Å². The molecule has 0 bridgehead atoms. The average Bonchev–Trinajstić information content (AvgIpc) is 2.77. The van der Waals surface area contributed by atoms with E-state index in [1.165, 1.54) is 0 Å². The van der Waals surface area contributed by atoms with Gasteiger partial charge < -0.3 is 10.1 Å². The van der Waals surface area contributed by atoms with Gasteiger partial charge in [-0.2, -0.15) is 0 Å². The molecule has 140 valence electrons. The van der Waals surface area contributed by atoms with E-state index in [1.54, 1.807) is 0 Å². The minimum Gasteiger partial charge on any atom is -0.494 e. The Balaban J connectivity index is 1.87. The van der Waals surface area contributed by atoms with Crippen molar-refractivity contribution in [2.45, 2.75) is 39.7 Å². The van der Waals surface area contributed by atoms with Crippen LogP contribution in [-0.4, -0.2) is 18.1 Å². The highest BCUT2D eigenvalue weighted by Crippen LogP contribution is 2.46. The van der Waals surface area contributed by atoms with Gasteiger partial charge in [-0.05, 0) is 37.0 Å². The molecule has 2 aromatic carbocycles. The van der Waals surface area contributed by atoms with Gasteiger partial charge in [0.1, 0.15) is 11.5 Å². The minimum atomic E-state index is -0.271. The predicted octanol–water partition coefficient (Wildman–Crippen LogP) is 5.33. The molecule has 4 rings (SSSR count). The summed E-state index contributed by atoms with van der Waals surface area (Å²) in [6.07, 6.45) is 1.40. The SMILES string of the molecule is CCOc1ccccc1C1Nc2ccccc2N=C2CC(C)(C)CC(=O)C21. The van der Waals surface area contributed by atoms with Crippen molar-refractivity contribution < 1.29 is 9.53 Å². The Morgan fingerprint density at radius 3 is 2.67 bits per heavy atom. The molecule has 2 aromatic rings. The second-order valence-corrected chi connectivity index (χ2v) is 8.17. The van der Waals surface area contributed by atoms with Gasteiger partial charge in [0.2, 0.25) is 0 Å². The number of ketones is 1. The van der Waals surface area contributed by atoms with Crippen LogP contribution in [0.25, 0.3) is 0 Å². The summed E-state index contributed by atoms with van der Waals surface area (Å²) in [7, 11) is 0. The lowest BCUT2D eigenvalue weighted by Gasteiger charge is -2.37. The van der Waals surface area contributed by atoms with Crippen LogP contribution in [0.5, 0.6) is 5.75 Å². The molecule has 0 aromatic heterocycles. The van der Waals surface area contributed by atoms with Crippen molar-refractivity contribution in [1.82, 2.24) is 0 Å². The van der Waals surface area contributed by atoms with Crippen molar-refractivity contribution in [2.24, 2.45) is 16.3 Å². The molecular weight excluding hydrogens is 336 g/mol. The van der Waals surface area contributed by atoms with Crippen molar-refractivity contribution in [2.75, 3.05) is 11.9 Å². The molecule has 2 atom stereocenters. The lowest BCUT2D eigenvalue weighted by molar-refractivity contribution is -0.124. The summed E-state index contributed by atoms with van der Waals surface area (Å²) in [5.41, 5.74) is 3.79. The molecule has 0 saturated heterocycles. The van der Waals surface area contributed by atoms with Gasteiger partial charge in [-0.15, -0.1) is 0 Å². The van der Waals surface area contributed by atoms with Crippen LogP contribution in [0.15, 0.2) is 53.5 Å². The highest BCUT2D eigenvalue weighted by atomic mass is 16.5. The Hall–Kier alpha value is -2.62. The fourth-order valence-corrected chi connectivity index (χ4v) is 4.30. The third-order valence-corrected chi connectivity index (χ3v) is 5.38. The number of nitrogens with zero attached hydrogens (tertiary/aromatic N) is 1. The van der Waals surface area contributed by atoms with Gasteiger partial charge in [0, 0.05) is 17.7 Å². The molecule has 1 N–H and O–H groups in total. The third-order valence-electron chi connectivity index (χ3n) is 5.38. The van der Waals surface area contributed by atoms with Crippen molar-refractivity contribution in [3.63, 3.8) is 0 Å². The summed E-state index contributed by atoms with van der Waals surface area (Å²) in [4.78, 5) is 18.2. The summed E-state index contributed by atoms with van der Waals surface area (Å²) in [6.45, 7) is 6.87. The lowest BCUT2D eigenvalue weighted by Crippen LogP contribution is -2.42. The number of carbonyl (C=O) groups is 1. The number of ether oxygens (including phenoxy) is 1. The van der Waals surface area contributed by atoms with Crippen LogP contribution in [0.3, 0.4) is 0 Å².